The smallest absolute Gasteiger partial charge is 0.325 e. The monoisotopic (exact) mass is 367 g/mol. The molecule has 3 aromatic rings. The van der Waals surface area contributed by atoms with Crippen LogP contribution in [-0.4, -0.2) is 15.5 Å². The third kappa shape index (κ3) is 3.71. The number of carbonyl (C=O) groups excluding carboxylic acids is 1. The fourth-order valence-electron chi connectivity index (χ4n) is 2.32. The number of hydrogen-bond donors (Lipinski definition) is 1. The number of benzene rings is 1. The average Bonchev–Trinajstić information content (AvgIpc) is 2.91. The molecule has 0 unspecified atom stereocenters. The molecule has 0 saturated heterocycles. The second-order valence-corrected chi connectivity index (χ2v) is 6.62. The van der Waals surface area contributed by atoms with Crippen LogP contribution in [0, 0.1) is 6.92 Å². The van der Waals surface area contributed by atoms with Crippen LogP contribution in [0.1, 0.15) is 10.4 Å². The number of fused-ring (bicyclic) bond motifs is 1. The molecule has 1 aromatic carbocycles. The number of amides is 1. The molecule has 1 amide bonds. The Balaban J connectivity index is 1.79. The minimum Gasteiger partial charge on any atom is -0.325 e. The molecule has 0 saturated carbocycles. The van der Waals surface area contributed by atoms with Gasteiger partial charge >= 0.3 is 6.18 Å². The molecule has 0 atom stereocenters. The summed E-state index contributed by atoms with van der Waals surface area (Å²) in [4.78, 5) is 30.0. The molecule has 0 aliphatic carbocycles. The zero-order valence-corrected chi connectivity index (χ0v) is 13.7. The fraction of sp³-hybridized carbons (Fsp3) is 0.188. The van der Waals surface area contributed by atoms with Gasteiger partial charge in [0.25, 0.3) is 5.56 Å². The van der Waals surface area contributed by atoms with E-state index in [-0.39, 0.29) is 17.8 Å². The van der Waals surface area contributed by atoms with E-state index in [1.807, 2.05) is 6.92 Å². The van der Waals surface area contributed by atoms with Crippen molar-refractivity contribution in [2.75, 3.05) is 5.32 Å². The highest BCUT2D eigenvalue weighted by molar-refractivity contribution is 7.18. The molecule has 1 N–H and O–H groups in total. The quantitative estimate of drug-likeness (QED) is 0.771. The van der Waals surface area contributed by atoms with E-state index in [4.69, 9.17) is 0 Å². The molecule has 130 valence electrons. The van der Waals surface area contributed by atoms with E-state index in [0.29, 0.717) is 10.2 Å². The first-order chi connectivity index (χ1) is 11.7. The summed E-state index contributed by atoms with van der Waals surface area (Å²) in [6.45, 7) is 1.50. The van der Waals surface area contributed by atoms with Gasteiger partial charge in [0.05, 0.1) is 17.3 Å². The highest BCUT2D eigenvalue weighted by Gasteiger charge is 2.30. The molecule has 0 bridgehead atoms. The number of carbonyl (C=O) groups is 1. The van der Waals surface area contributed by atoms with Crippen molar-refractivity contribution in [2.45, 2.75) is 19.6 Å². The van der Waals surface area contributed by atoms with Crippen molar-refractivity contribution in [2.24, 2.45) is 0 Å². The molecule has 2 heterocycles. The number of aromatic nitrogens is 2. The maximum absolute atomic E-state index is 12.7. The highest BCUT2D eigenvalue weighted by atomic mass is 32.1. The maximum atomic E-state index is 12.7. The highest BCUT2D eigenvalue weighted by Crippen LogP contribution is 2.30. The minimum absolute atomic E-state index is 0.00768. The molecule has 9 heteroatoms. The lowest BCUT2D eigenvalue weighted by Gasteiger charge is -2.10. The number of nitrogens with zero attached hydrogens (tertiary/aromatic N) is 2. The van der Waals surface area contributed by atoms with Crippen LogP contribution >= 0.6 is 11.3 Å². The predicted octanol–water partition coefficient (Wildman–Crippen LogP) is 3.42. The van der Waals surface area contributed by atoms with Crippen LogP contribution in [0.4, 0.5) is 18.9 Å². The van der Waals surface area contributed by atoms with Crippen LogP contribution in [0.15, 0.2) is 41.5 Å². The Kier molecular flexibility index (Phi) is 4.34. The van der Waals surface area contributed by atoms with Crippen molar-refractivity contribution in [3.8, 4) is 0 Å². The Morgan fingerprint density at radius 1 is 1.32 bits per heavy atom. The molecule has 0 radical (unpaired) electrons. The van der Waals surface area contributed by atoms with Crippen LogP contribution in [0.25, 0.3) is 10.2 Å². The van der Waals surface area contributed by atoms with Gasteiger partial charge in [-0.2, -0.15) is 13.2 Å². The zero-order chi connectivity index (χ0) is 18.2. The number of rotatable bonds is 3. The van der Waals surface area contributed by atoms with E-state index in [9.17, 15) is 22.8 Å². The second kappa shape index (κ2) is 6.32. The van der Waals surface area contributed by atoms with Crippen molar-refractivity contribution >= 4 is 33.1 Å². The second-order valence-electron chi connectivity index (χ2n) is 5.38. The van der Waals surface area contributed by atoms with E-state index < -0.39 is 17.6 Å². The molecule has 25 heavy (non-hydrogen) atoms. The number of hydrogen-bond acceptors (Lipinski definition) is 4. The van der Waals surface area contributed by atoms with E-state index in [2.05, 4.69) is 10.3 Å². The van der Waals surface area contributed by atoms with E-state index >= 15 is 0 Å². The standard InChI is InChI=1S/C16H12F3N3O2S/c1-9-5-12-14(25-9)20-8-22(15(12)24)7-13(23)21-11-4-2-3-10(6-11)16(17,18)19/h2-6,8H,7H2,1H3,(H,21,23). The lowest BCUT2D eigenvalue weighted by atomic mass is 10.2. The molecule has 0 fully saturated rings. The Labute approximate surface area is 143 Å². The Morgan fingerprint density at radius 3 is 2.80 bits per heavy atom. The van der Waals surface area contributed by atoms with Crippen LogP contribution in [-0.2, 0) is 17.5 Å². The summed E-state index contributed by atoms with van der Waals surface area (Å²) in [7, 11) is 0. The van der Waals surface area contributed by atoms with Crippen LogP contribution in [0.3, 0.4) is 0 Å². The Bertz CT molecular complexity index is 1010. The first-order valence-electron chi connectivity index (χ1n) is 7.17. The van der Waals surface area contributed by atoms with Crippen molar-refractivity contribution in [1.82, 2.24) is 9.55 Å². The van der Waals surface area contributed by atoms with Gasteiger partial charge in [-0.05, 0) is 31.2 Å². The lowest BCUT2D eigenvalue weighted by Crippen LogP contribution is -2.27. The van der Waals surface area contributed by atoms with Gasteiger partial charge < -0.3 is 5.32 Å². The van der Waals surface area contributed by atoms with E-state index in [1.165, 1.54) is 29.8 Å². The van der Waals surface area contributed by atoms with Gasteiger partial charge in [0.1, 0.15) is 11.4 Å². The van der Waals surface area contributed by atoms with Gasteiger partial charge in [0.15, 0.2) is 0 Å². The molecule has 5 nitrogen and oxygen atoms in total. The zero-order valence-electron chi connectivity index (χ0n) is 12.9. The van der Waals surface area contributed by atoms with E-state index in [0.717, 1.165) is 21.6 Å². The van der Waals surface area contributed by atoms with Gasteiger partial charge in [0.2, 0.25) is 5.91 Å². The SMILES string of the molecule is Cc1cc2c(=O)n(CC(=O)Nc3cccc(C(F)(F)F)c3)cnc2s1. The summed E-state index contributed by atoms with van der Waals surface area (Å²) in [6.07, 6.45) is -3.24. The summed E-state index contributed by atoms with van der Waals surface area (Å²) in [6, 6.07) is 5.99. The third-order valence-electron chi connectivity index (χ3n) is 3.43. The van der Waals surface area contributed by atoms with E-state index in [1.54, 1.807) is 6.07 Å². The largest absolute Gasteiger partial charge is 0.416 e. The van der Waals surface area contributed by atoms with Gasteiger partial charge in [-0.25, -0.2) is 4.98 Å². The first-order valence-corrected chi connectivity index (χ1v) is 7.98. The van der Waals surface area contributed by atoms with Crippen LogP contribution in [0.2, 0.25) is 0 Å². The number of nitrogens with one attached hydrogen (secondary N) is 1. The number of halogens is 3. The normalized spacial score (nSPS) is 11.7. The summed E-state index contributed by atoms with van der Waals surface area (Å²) in [5.74, 6) is -0.616. The minimum atomic E-state index is -4.50. The molecule has 2 aromatic heterocycles. The fourth-order valence-corrected chi connectivity index (χ4v) is 3.16. The summed E-state index contributed by atoms with van der Waals surface area (Å²) < 4.78 is 39.2. The first kappa shape index (κ1) is 17.2. The summed E-state index contributed by atoms with van der Waals surface area (Å²) in [5.41, 5.74) is -1.22. The topological polar surface area (TPSA) is 64.0 Å². The van der Waals surface area contributed by atoms with Gasteiger partial charge in [-0.1, -0.05) is 6.07 Å². The maximum Gasteiger partial charge on any atom is 0.416 e. The van der Waals surface area contributed by atoms with Crippen LogP contribution < -0.4 is 10.9 Å². The van der Waals surface area contributed by atoms with Crippen molar-refractivity contribution in [3.05, 3.63) is 57.5 Å². The number of thiophene rings is 1. The van der Waals surface area contributed by atoms with Gasteiger partial charge in [0, 0.05) is 10.6 Å². The van der Waals surface area contributed by atoms with Crippen LogP contribution in [0.5, 0.6) is 0 Å². The number of anilines is 1. The third-order valence-corrected chi connectivity index (χ3v) is 4.39. The molecular weight excluding hydrogens is 355 g/mol. The molecule has 0 aliphatic rings. The summed E-state index contributed by atoms with van der Waals surface area (Å²) >= 11 is 1.37. The van der Waals surface area contributed by atoms with Gasteiger partial charge in [-0.3, -0.25) is 14.2 Å². The van der Waals surface area contributed by atoms with Gasteiger partial charge in [-0.15, -0.1) is 11.3 Å². The summed E-state index contributed by atoms with van der Waals surface area (Å²) in [5, 5.41) is 2.77. The van der Waals surface area contributed by atoms with Crippen molar-refractivity contribution in [1.29, 1.82) is 0 Å². The van der Waals surface area contributed by atoms with Crippen molar-refractivity contribution in [3.63, 3.8) is 0 Å². The molecule has 3 rings (SSSR count). The lowest BCUT2D eigenvalue weighted by molar-refractivity contribution is -0.137. The van der Waals surface area contributed by atoms with Crippen molar-refractivity contribution < 1.29 is 18.0 Å². The molecular formula is C16H12F3N3O2S. The number of alkyl halides is 3. The molecule has 0 aliphatic heterocycles. The Hall–Kier alpha value is -2.68. The molecule has 0 spiro atoms. The number of aryl methyl sites for hydroxylation is 1. The Morgan fingerprint density at radius 2 is 2.08 bits per heavy atom. The predicted molar refractivity (Wildman–Crippen MR) is 88.7 cm³/mol. The average molecular weight is 367 g/mol.